The largest absolute Gasteiger partial charge is 0.454 e. The van der Waals surface area contributed by atoms with Crippen LogP contribution in [0.25, 0.3) is 0 Å². The minimum atomic E-state index is 0.249. The van der Waals surface area contributed by atoms with Crippen molar-refractivity contribution in [3.05, 3.63) is 39.4 Å². The van der Waals surface area contributed by atoms with E-state index >= 15 is 0 Å². The fourth-order valence-electron chi connectivity index (χ4n) is 1.53. The number of fused-ring (bicyclic) bond motifs is 1. The van der Waals surface area contributed by atoms with Gasteiger partial charge in [0, 0.05) is 16.7 Å². The van der Waals surface area contributed by atoms with Crippen molar-refractivity contribution in [2.24, 2.45) is 0 Å². The van der Waals surface area contributed by atoms with Gasteiger partial charge in [-0.1, -0.05) is 0 Å². The highest BCUT2D eigenvalue weighted by molar-refractivity contribution is 9.11. The zero-order chi connectivity index (χ0) is 12.5. The molecule has 0 radical (unpaired) electrons. The molecule has 0 amide bonds. The quantitative estimate of drug-likeness (QED) is 0.794. The summed E-state index contributed by atoms with van der Waals surface area (Å²) in [5.74, 6) is 2.55. The number of hydrogen-bond donors (Lipinski definition) is 0. The molecular weight excluding hydrogens is 366 g/mol. The lowest BCUT2D eigenvalue weighted by atomic mass is 10.3. The lowest BCUT2D eigenvalue weighted by Crippen LogP contribution is -1.93. The Kier molecular flexibility index (Phi) is 3.13. The van der Waals surface area contributed by atoms with Gasteiger partial charge in [-0.15, -0.1) is 0 Å². The third-order valence-electron chi connectivity index (χ3n) is 2.33. The van der Waals surface area contributed by atoms with Gasteiger partial charge in [-0.25, -0.2) is 4.98 Å². The highest BCUT2D eigenvalue weighted by Crippen LogP contribution is 2.37. The first-order chi connectivity index (χ1) is 8.72. The van der Waals surface area contributed by atoms with Gasteiger partial charge in [-0.3, -0.25) is 0 Å². The van der Waals surface area contributed by atoms with E-state index < -0.39 is 0 Å². The molecule has 0 saturated carbocycles. The summed E-state index contributed by atoms with van der Waals surface area (Å²) < 4.78 is 17.8. The highest BCUT2D eigenvalue weighted by atomic mass is 79.9. The summed E-state index contributed by atoms with van der Waals surface area (Å²) in [6.07, 6.45) is 1.67. The molecule has 2 aromatic rings. The first-order valence-corrected chi connectivity index (χ1v) is 6.69. The van der Waals surface area contributed by atoms with Crippen LogP contribution >= 0.6 is 31.9 Å². The number of nitrogens with zero attached hydrogens (tertiary/aromatic N) is 1. The minimum Gasteiger partial charge on any atom is -0.454 e. The molecule has 0 N–H and O–H groups in total. The zero-order valence-electron chi connectivity index (χ0n) is 9.02. The first kappa shape index (κ1) is 11.8. The maximum Gasteiger partial charge on any atom is 0.233 e. The number of ether oxygens (including phenoxy) is 3. The second-order valence-corrected chi connectivity index (χ2v) is 5.33. The Hall–Kier alpha value is -1.27. The van der Waals surface area contributed by atoms with E-state index in [4.69, 9.17) is 14.2 Å². The lowest BCUT2D eigenvalue weighted by Gasteiger charge is -2.07. The van der Waals surface area contributed by atoms with Crippen molar-refractivity contribution in [3.8, 4) is 23.1 Å². The van der Waals surface area contributed by atoms with Crippen LogP contribution in [0.1, 0.15) is 0 Å². The Balaban J connectivity index is 1.88. The molecule has 2 heterocycles. The molecule has 0 unspecified atom stereocenters. The smallest absolute Gasteiger partial charge is 0.233 e. The number of rotatable bonds is 2. The fraction of sp³-hybridized carbons (Fsp3) is 0.0833. The molecule has 0 spiro atoms. The molecule has 3 rings (SSSR count). The second kappa shape index (κ2) is 4.78. The number of pyridine rings is 1. The van der Waals surface area contributed by atoms with E-state index in [1.807, 2.05) is 18.2 Å². The monoisotopic (exact) mass is 371 g/mol. The SMILES string of the molecule is Brc1cnc(Oc2ccc3c(c2)OCO3)c(Br)c1. The van der Waals surface area contributed by atoms with Crippen molar-refractivity contribution >= 4 is 31.9 Å². The van der Waals surface area contributed by atoms with Crippen molar-refractivity contribution in [2.75, 3.05) is 6.79 Å². The van der Waals surface area contributed by atoms with Crippen LogP contribution in [0, 0.1) is 0 Å². The maximum absolute atomic E-state index is 5.68. The van der Waals surface area contributed by atoms with E-state index in [0.29, 0.717) is 17.4 Å². The normalized spacial score (nSPS) is 12.6. The molecule has 0 saturated heterocycles. The van der Waals surface area contributed by atoms with E-state index in [9.17, 15) is 0 Å². The third kappa shape index (κ3) is 2.30. The van der Waals surface area contributed by atoms with Crippen LogP contribution in [0.4, 0.5) is 0 Å². The molecule has 1 aromatic carbocycles. The third-order valence-corrected chi connectivity index (χ3v) is 3.33. The summed E-state index contributed by atoms with van der Waals surface area (Å²) in [6.45, 7) is 0.249. The number of benzene rings is 1. The van der Waals surface area contributed by atoms with Crippen LogP contribution in [0.3, 0.4) is 0 Å². The molecule has 0 atom stereocenters. The summed E-state index contributed by atoms with van der Waals surface area (Å²) in [7, 11) is 0. The van der Waals surface area contributed by atoms with Gasteiger partial charge in [0.05, 0.1) is 4.47 Å². The fourth-order valence-corrected chi connectivity index (χ4v) is 2.60. The van der Waals surface area contributed by atoms with E-state index in [1.165, 1.54) is 0 Å². The molecule has 1 aliphatic heterocycles. The standard InChI is InChI=1S/C12H7Br2NO3/c13-7-3-9(14)12(15-5-7)18-8-1-2-10-11(4-8)17-6-16-10/h1-5H,6H2. The van der Waals surface area contributed by atoms with E-state index in [-0.39, 0.29) is 6.79 Å². The van der Waals surface area contributed by atoms with Gasteiger partial charge in [0.1, 0.15) is 5.75 Å². The van der Waals surface area contributed by atoms with Crippen LogP contribution in [-0.4, -0.2) is 11.8 Å². The molecule has 6 heteroatoms. The van der Waals surface area contributed by atoms with Gasteiger partial charge in [-0.05, 0) is 50.1 Å². The molecule has 0 aliphatic carbocycles. The predicted octanol–water partition coefficient (Wildman–Crippen LogP) is 4.13. The molecule has 4 nitrogen and oxygen atoms in total. The van der Waals surface area contributed by atoms with E-state index in [2.05, 4.69) is 36.8 Å². The molecule has 18 heavy (non-hydrogen) atoms. The van der Waals surface area contributed by atoms with Gasteiger partial charge in [0.2, 0.25) is 12.7 Å². The topological polar surface area (TPSA) is 40.6 Å². The molecule has 1 aromatic heterocycles. The van der Waals surface area contributed by atoms with Gasteiger partial charge >= 0.3 is 0 Å². The Morgan fingerprint density at radius 2 is 1.94 bits per heavy atom. The van der Waals surface area contributed by atoms with Crippen LogP contribution in [0.15, 0.2) is 39.4 Å². The van der Waals surface area contributed by atoms with Gasteiger partial charge < -0.3 is 14.2 Å². The van der Waals surface area contributed by atoms with Crippen molar-refractivity contribution in [1.82, 2.24) is 4.98 Å². The number of halogens is 2. The van der Waals surface area contributed by atoms with E-state index in [1.54, 1.807) is 12.3 Å². The van der Waals surface area contributed by atoms with Crippen LogP contribution in [0.2, 0.25) is 0 Å². The van der Waals surface area contributed by atoms with E-state index in [0.717, 1.165) is 14.7 Å². The molecule has 0 fully saturated rings. The predicted molar refractivity (Wildman–Crippen MR) is 72.3 cm³/mol. The average Bonchev–Trinajstić information content (AvgIpc) is 2.80. The van der Waals surface area contributed by atoms with Crippen molar-refractivity contribution in [3.63, 3.8) is 0 Å². The van der Waals surface area contributed by atoms with Crippen LogP contribution < -0.4 is 14.2 Å². The minimum absolute atomic E-state index is 0.249. The molecular formula is C12H7Br2NO3. The molecule has 0 bridgehead atoms. The molecule has 92 valence electrons. The Morgan fingerprint density at radius 3 is 2.78 bits per heavy atom. The van der Waals surface area contributed by atoms with Gasteiger partial charge in [0.25, 0.3) is 0 Å². The highest BCUT2D eigenvalue weighted by Gasteiger charge is 2.14. The van der Waals surface area contributed by atoms with Crippen LogP contribution in [0.5, 0.6) is 23.1 Å². The Bertz CT molecular complexity index is 604. The van der Waals surface area contributed by atoms with Crippen molar-refractivity contribution < 1.29 is 14.2 Å². The summed E-state index contributed by atoms with van der Waals surface area (Å²) in [5, 5.41) is 0. The summed E-state index contributed by atoms with van der Waals surface area (Å²) in [4.78, 5) is 4.18. The second-order valence-electron chi connectivity index (χ2n) is 3.56. The Labute approximate surface area is 120 Å². The lowest BCUT2D eigenvalue weighted by molar-refractivity contribution is 0.174. The van der Waals surface area contributed by atoms with Crippen molar-refractivity contribution in [2.45, 2.75) is 0 Å². The molecule has 1 aliphatic rings. The average molecular weight is 373 g/mol. The van der Waals surface area contributed by atoms with Gasteiger partial charge in [-0.2, -0.15) is 0 Å². The van der Waals surface area contributed by atoms with Gasteiger partial charge in [0.15, 0.2) is 11.5 Å². The number of aromatic nitrogens is 1. The zero-order valence-corrected chi connectivity index (χ0v) is 12.2. The summed E-state index contributed by atoms with van der Waals surface area (Å²) in [6, 6.07) is 7.27. The summed E-state index contributed by atoms with van der Waals surface area (Å²) >= 11 is 6.73. The Morgan fingerprint density at radius 1 is 1.11 bits per heavy atom. The maximum atomic E-state index is 5.68. The van der Waals surface area contributed by atoms with Crippen molar-refractivity contribution in [1.29, 1.82) is 0 Å². The first-order valence-electron chi connectivity index (χ1n) is 5.11. The summed E-state index contributed by atoms with van der Waals surface area (Å²) in [5.41, 5.74) is 0. The van der Waals surface area contributed by atoms with Crippen LogP contribution in [-0.2, 0) is 0 Å². The number of hydrogen-bond acceptors (Lipinski definition) is 4.